The molecule has 0 bridgehead atoms. The van der Waals surface area contributed by atoms with E-state index in [0.29, 0.717) is 18.2 Å². The number of ether oxygens (including phenoxy) is 2. The largest absolute Gasteiger partial charge is 0.496 e. The van der Waals surface area contributed by atoms with Crippen LogP contribution in [0.15, 0.2) is 18.2 Å². The van der Waals surface area contributed by atoms with Gasteiger partial charge in [0.25, 0.3) is 0 Å². The Morgan fingerprint density at radius 2 is 2.26 bits per heavy atom. The summed E-state index contributed by atoms with van der Waals surface area (Å²) in [7, 11) is 1.60. The first-order valence-electron chi connectivity index (χ1n) is 6.38. The van der Waals surface area contributed by atoms with Crippen LogP contribution >= 0.6 is 0 Å². The van der Waals surface area contributed by atoms with Crippen LogP contribution in [0.2, 0.25) is 0 Å². The zero-order valence-electron chi connectivity index (χ0n) is 11.5. The van der Waals surface area contributed by atoms with Crippen LogP contribution in [0.5, 0.6) is 5.75 Å². The Balaban J connectivity index is 2.51. The van der Waals surface area contributed by atoms with Crippen molar-refractivity contribution in [3.05, 3.63) is 29.3 Å². The van der Waals surface area contributed by atoms with E-state index in [9.17, 15) is 4.79 Å². The lowest BCUT2D eigenvalue weighted by Crippen LogP contribution is -2.39. The molecule has 19 heavy (non-hydrogen) atoms. The van der Waals surface area contributed by atoms with E-state index in [2.05, 4.69) is 19.2 Å². The highest BCUT2D eigenvalue weighted by Crippen LogP contribution is 2.36. The Hall–Kier alpha value is -1.75. The Bertz CT molecular complexity index is 488. The van der Waals surface area contributed by atoms with Gasteiger partial charge >= 0.3 is 6.09 Å². The van der Waals surface area contributed by atoms with Gasteiger partial charge in [-0.3, -0.25) is 0 Å². The highest BCUT2D eigenvalue weighted by atomic mass is 16.6. The van der Waals surface area contributed by atoms with Gasteiger partial charge in [0.2, 0.25) is 0 Å². The number of amides is 1. The van der Waals surface area contributed by atoms with E-state index in [4.69, 9.17) is 15.2 Å². The smallest absolute Gasteiger partial charge is 0.408 e. The number of hydrogen-bond acceptors (Lipinski definition) is 4. The molecule has 5 heteroatoms. The molecular weight excluding hydrogens is 244 g/mol. The number of carbonyl (C=O) groups excluding carboxylic acids is 1. The van der Waals surface area contributed by atoms with Gasteiger partial charge in [-0.05, 0) is 23.6 Å². The first-order valence-corrected chi connectivity index (χ1v) is 6.38. The van der Waals surface area contributed by atoms with Gasteiger partial charge in [0.1, 0.15) is 5.75 Å². The quantitative estimate of drug-likeness (QED) is 0.868. The monoisotopic (exact) mass is 264 g/mol. The second-order valence-corrected chi connectivity index (χ2v) is 5.06. The molecule has 1 heterocycles. The zero-order valence-corrected chi connectivity index (χ0v) is 11.5. The van der Waals surface area contributed by atoms with Crippen LogP contribution in [0.25, 0.3) is 0 Å². The number of rotatable bonds is 4. The van der Waals surface area contributed by atoms with Crippen molar-refractivity contribution in [1.29, 1.82) is 0 Å². The van der Waals surface area contributed by atoms with Crippen molar-refractivity contribution in [3.63, 3.8) is 0 Å². The van der Waals surface area contributed by atoms with Gasteiger partial charge in [-0.2, -0.15) is 0 Å². The normalized spacial score (nSPS) is 22.3. The van der Waals surface area contributed by atoms with E-state index in [1.807, 2.05) is 18.2 Å². The van der Waals surface area contributed by atoms with Gasteiger partial charge in [-0.15, -0.1) is 0 Å². The van der Waals surface area contributed by atoms with Crippen molar-refractivity contribution < 1.29 is 14.3 Å². The number of nitrogens with one attached hydrogen (secondary N) is 1. The van der Waals surface area contributed by atoms with E-state index in [0.717, 1.165) is 11.1 Å². The molecule has 0 aliphatic carbocycles. The third kappa shape index (κ3) is 2.38. The Morgan fingerprint density at radius 1 is 1.53 bits per heavy atom. The minimum atomic E-state index is -0.840. The molecule has 0 aromatic heterocycles. The molecule has 0 spiro atoms. The van der Waals surface area contributed by atoms with Crippen molar-refractivity contribution >= 4 is 6.09 Å². The average molecular weight is 264 g/mol. The summed E-state index contributed by atoms with van der Waals surface area (Å²) in [6.07, 6.45) is -0.442. The maximum absolute atomic E-state index is 11.4. The third-order valence-corrected chi connectivity index (χ3v) is 3.52. The molecular formula is C14H20N2O3. The molecule has 1 fully saturated rings. The van der Waals surface area contributed by atoms with E-state index < -0.39 is 11.7 Å². The molecule has 1 saturated heterocycles. The van der Waals surface area contributed by atoms with Crippen LogP contribution < -0.4 is 15.8 Å². The fourth-order valence-corrected chi connectivity index (χ4v) is 2.28. The lowest BCUT2D eigenvalue weighted by molar-refractivity contribution is 0.0596. The average Bonchev–Trinajstić information content (AvgIpc) is 2.80. The number of carbonyl (C=O) groups is 1. The number of alkyl carbamates (subject to hydrolysis) is 1. The summed E-state index contributed by atoms with van der Waals surface area (Å²) in [5, 5.41) is 2.66. The van der Waals surface area contributed by atoms with E-state index >= 15 is 0 Å². The first kappa shape index (κ1) is 13.7. The van der Waals surface area contributed by atoms with Gasteiger partial charge in [0.05, 0.1) is 13.7 Å². The number of cyclic esters (lactones) is 1. The SMILES string of the molecule is COc1ccc(C(C)C)cc1C1(CN)CNC(=O)O1. The predicted octanol–water partition coefficient (Wildman–Crippen LogP) is 1.71. The maximum Gasteiger partial charge on any atom is 0.408 e. The minimum absolute atomic E-state index is 0.212. The second-order valence-electron chi connectivity index (χ2n) is 5.06. The molecule has 0 saturated carbocycles. The second kappa shape index (κ2) is 5.09. The summed E-state index contributed by atoms with van der Waals surface area (Å²) in [5.74, 6) is 1.07. The van der Waals surface area contributed by atoms with Crippen molar-refractivity contribution in [2.24, 2.45) is 5.73 Å². The Labute approximate surface area is 113 Å². The van der Waals surface area contributed by atoms with Gasteiger partial charge in [-0.25, -0.2) is 4.79 Å². The molecule has 0 radical (unpaired) electrons. The van der Waals surface area contributed by atoms with Gasteiger partial charge in [0, 0.05) is 12.1 Å². The molecule has 1 amide bonds. The first-order chi connectivity index (χ1) is 9.02. The summed E-state index contributed by atoms with van der Waals surface area (Å²) in [6, 6.07) is 5.92. The van der Waals surface area contributed by atoms with Crippen LogP contribution in [0.1, 0.15) is 30.9 Å². The standard InChI is InChI=1S/C14H20N2O3/c1-9(2)10-4-5-12(18-3)11(6-10)14(7-15)8-16-13(17)19-14/h4-6,9H,7-8,15H2,1-3H3,(H,16,17). The highest BCUT2D eigenvalue weighted by molar-refractivity contribution is 5.71. The lowest BCUT2D eigenvalue weighted by atomic mass is 9.89. The molecule has 2 rings (SSSR count). The number of nitrogens with two attached hydrogens (primary N) is 1. The van der Waals surface area contributed by atoms with Crippen LogP contribution in [-0.4, -0.2) is 26.3 Å². The van der Waals surface area contributed by atoms with Crippen molar-refractivity contribution in [3.8, 4) is 5.75 Å². The summed E-state index contributed by atoms with van der Waals surface area (Å²) < 4.78 is 10.8. The molecule has 3 N–H and O–H groups in total. The van der Waals surface area contributed by atoms with Gasteiger partial charge in [0.15, 0.2) is 5.60 Å². The van der Waals surface area contributed by atoms with Crippen molar-refractivity contribution in [1.82, 2.24) is 5.32 Å². The fraction of sp³-hybridized carbons (Fsp3) is 0.500. The van der Waals surface area contributed by atoms with Crippen molar-refractivity contribution in [2.45, 2.75) is 25.4 Å². The summed E-state index contributed by atoms with van der Waals surface area (Å²) in [5.41, 5.74) is 6.98. The Kier molecular flexibility index (Phi) is 3.66. The Morgan fingerprint density at radius 3 is 2.74 bits per heavy atom. The molecule has 1 aromatic rings. The lowest BCUT2D eigenvalue weighted by Gasteiger charge is -2.27. The number of hydrogen-bond donors (Lipinski definition) is 2. The van der Waals surface area contributed by atoms with Gasteiger partial charge in [-0.1, -0.05) is 19.9 Å². The zero-order chi connectivity index (χ0) is 14.0. The number of benzene rings is 1. The van der Waals surface area contributed by atoms with Crippen molar-refractivity contribution in [2.75, 3.05) is 20.2 Å². The minimum Gasteiger partial charge on any atom is -0.496 e. The molecule has 1 unspecified atom stereocenters. The number of methoxy groups -OCH3 is 1. The summed E-state index contributed by atoms with van der Waals surface area (Å²) >= 11 is 0. The molecule has 104 valence electrons. The maximum atomic E-state index is 11.4. The predicted molar refractivity (Wildman–Crippen MR) is 72.3 cm³/mol. The summed E-state index contributed by atoms with van der Waals surface area (Å²) in [4.78, 5) is 11.4. The van der Waals surface area contributed by atoms with Gasteiger partial charge < -0.3 is 20.5 Å². The van der Waals surface area contributed by atoms with Crippen LogP contribution in [-0.2, 0) is 10.3 Å². The molecule has 5 nitrogen and oxygen atoms in total. The molecule has 1 aliphatic heterocycles. The van der Waals surface area contributed by atoms with Crippen LogP contribution in [0.4, 0.5) is 4.79 Å². The van der Waals surface area contributed by atoms with E-state index in [1.54, 1.807) is 7.11 Å². The third-order valence-electron chi connectivity index (χ3n) is 3.52. The van der Waals surface area contributed by atoms with E-state index in [1.165, 1.54) is 0 Å². The molecule has 1 aromatic carbocycles. The van der Waals surface area contributed by atoms with Crippen LogP contribution in [0, 0.1) is 0 Å². The fourth-order valence-electron chi connectivity index (χ4n) is 2.28. The van der Waals surface area contributed by atoms with E-state index in [-0.39, 0.29) is 6.54 Å². The highest BCUT2D eigenvalue weighted by Gasteiger charge is 2.43. The van der Waals surface area contributed by atoms with Crippen LogP contribution in [0.3, 0.4) is 0 Å². The summed E-state index contributed by atoms with van der Waals surface area (Å²) in [6.45, 7) is 4.79. The molecule has 1 aliphatic rings. The molecule has 1 atom stereocenters. The topological polar surface area (TPSA) is 73.6 Å².